The average Bonchev–Trinajstić information content (AvgIpc) is 2.78. The SMILES string of the molecule is COc1cc(OC)cc(N2C(=O)c3ccccc3C2=O)c1. The molecule has 0 bridgehead atoms. The summed E-state index contributed by atoms with van der Waals surface area (Å²) in [7, 11) is 3.03. The number of carbonyl (C=O) groups is 2. The highest BCUT2D eigenvalue weighted by molar-refractivity contribution is 6.34. The summed E-state index contributed by atoms with van der Waals surface area (Å²) in [5, 5.41) is 0. The van der Waals surface area contributed by atoms with Crippen LogP contribution in [0.5, 0.6) is 11.5 Å². The molecule has 21 heavy (non-hydrogen) atoms. The average molecular weight is 283 g/mol. The van der Waals surface area contributed by atoms with Gasteiger partial charge in [0.05, 0.1) is 31.0 Å². The summed E-state index contributed by atoms with van der Waals surface area (Å²) in [6.07, 6.45) is 0. The van der Waals surface area contributed by atoms with Gasteiger partial charge in [-0.2, -0.15) is 0 Å². The zero-order valence-corrected chi connectivity index (χ0v) is 11.6. The largest absolute Gasteiger partial charge is 0.497 e. The number of ether oxygens (including phenoxy) is 2. The third-order valence-corrected chi connectivity index (χ3v) is 3.39. The monoisotopic (exact) mass is 283 g/mol. The number of benzene rings is 2. The predicted octanol–water partition coefficient (Wildman–Crippen LogP) is 2.50. The van der Waals surface area contributed by atoms with Crippen LogP contribution in [0, 0.1) is 0 Å². The Morgan fingerprint density at radius 2 is 1.29 bits per heavy atom. The Kier molecular flexibility index (Phi) is 3.10. The van der Waals surface area contributed by atoms with Gasteiger partial charge in [-0.1, -0.05) is 12.1 Å². The van der Waals surface area contributed by atoms with Gasteiger partial charge in [0, 0.05) is 18.2 Å². The first kappa shape index (κ1) is 13.2. The number of methoxy groups -OCH3 is 2. The Balaban J connectivity index is 2.10. The molecule has 2 amide bonds. The summed E-state index contributed by atoms with van der Waals surface area (Å²) in [5.41, 5.74) is 1.24. The van der Waals surface area contributed by atoms with E-state index in [4.69, 9.17) is 9.47 Å². The van der Waals surface area contributed by atoms with Gasteiger partial charge >= 0.3 is 0 Å². The topological polar surface area (TPSA) is 55.8 Å². The fourth-order valence-electron chi connectivity index (χ4n) is 2.35. The fourth-order valence-corrected chi connectivity index (χ4v) is 2.35. The van der Waals surface area contributed by atoms with Crippen LogP contribution < -0.4 is 14.4 Å². The molecular formula is C16H13NO4. The molecule has 1 aliphatic rings. The first-order valence-electron chi connectivity index (χ1n) is 6.36. The maximum atomic E-state index is 12.4. The summed E-state index contributed by atoms with van der Waals surface area (Å²) >= 11 is 0. The zero-order chi connectivity index (χ0) is 15.0. The van der Waals surface area contributed by atoms with E-state index in [0.717, 1.165) is 4.90 Å². The Morgan fingerprint density at radius 1 is 0.810 bits per heavy atom. The molecular weight excluding hydrogens is 270 g/mol. The molecule has 0 aromatic heterocycles. The third-order valence-electron chi connectivity index (χ3n) is 3.39. The van der Waals surface area contributed by atoms with Crippen LogP contribution in [0.3, 0.4) is 0 Å². The van der Waals surface area contributed by atoms with Gasteiger partial charge < -0.3 is 9.47 Å². The molecule has 106 valence electrons. The van der Waals surface area contributed by atoms with Crippen LogP contribution in [0.25, 0.3) is 0 Å². The number of imide groups is 1. The van der Waals surface area contributed by atoms with Crippen LogP contribution in [-0.4, -0.2) is 26.0 Å². The number of fused-ring (bicyclic) bond motifs is 1. The molecule has 0 N–H and O–H groups in total. The predicted molar refractivity (Wildman–Crippen MR) is 77.1 cm³/mol. The standard InChI is InChI=1S/C16H13NO4/c1-20-11-7-10(8-12(9-11)21-2)17-15(18)13-5-3-4-6-14(13)16(17)19/h3-9H,1-2H3. The lowest BCUT2D eigenvalue weighted by atomic mass is 10.1. The van der Waals surface area contributed by atoms with E-state index in [0.29, 0.717) is 28.3 Å². The van der Waals surface area contributed by atoms with Gasteiger partial charge in [0.2, 0.25) is 0 Å². The van der Waals surface area contributed by atoms with Crippen LogP contribution in [0.1, 0.15) is 20.7 Å². The smallest absolute Gasteiger partial charge is 0.266 e. The highest BCUT2D eigenvalue weighted by Gasteiger charge is 2.36. The van der Waals surface area contributed by atoms with Gasteiger partial charge in [0.1, 0.15) is 11.5 Å². The molecule has 0 fully saturated rings. The molecule has 5 nitrogen and oxygen atoms in total. The van der Waals surface area contributed by atoms with Crippen molar-refractivity contribution in [3.8, 4) is 11.5 Å². The summed E-state index contributed by atoms with van der Waals surface area (Å²) < 4.78 is 10.4. The molecule has 1 aliphatic heterocycles. The molecule has 3 rings (SSSR count). The van der Waals surface area contributed by atoms with Crippen molar-refractivity contribution in [2.24, 2.45) is 0 Å². The molecule has 0 atom stereocenters. The van der Waals surface area contributed by atoms with Crippen LogP contribution >= 0.6 is 0 Å². The van der Waals surface area contributed by atoms with E-state index in [1.165, 1.54) is 14.2 Å². The van der Waals surface area contributed by atoms with Crippen LogP contribution in [-0.2, 0) is 0 Å². The van der Waals surface area contributed by atoms with Crippen molar-refractivity contribution in [3.05, 3.63) is 53.6 Å². The Morgan fingerprint density at radius 3 is 1.71 bits per heavy atom. The Hall–Kier alpha value is -2.82. The molecule has 0 spiro atoms. The van der Waals surface area contributed by atoms with E-state index < -0.39 is 0 Å². The molecule has 0 unspecified atom stereocenters. The molecule has 0 aliphatic carbocycles. The normalized spacial score (nSPS) is 13.3. The van der Waals surface area contributed by atoms with E-state index >= 15 is 0 Å². The van der Waals surface area contributed by atoms with E-state index in [1.807, 2.05) is 0 Å². The molecule has 2 aromatic carbocycles. The molecule has 0 radical (unpaired) electrons. The lowest BCUT2D eigenvalue weighted by Crippen LogP contribution is -2.29. The van der Waals surface area contributed by atoms with Gasteiger partial charge in [0.25, 0.3) is 11.8 Å². The fraction of sp³-hybridized carbons (Fsp3) is 0.125. The first-order chi connectivity index (χ1) is 10.2. The number of nitrogens with zero attached hydrogens (tertiary/aromatic N) is 1. The van der Waals surface area contributed by atoms with Crippen molar-refractivity contribution in [2.45, 2.75) is 0 Å². The molecule has 2 aromatic rings. The summed E-state index contributed by atoms with van der Waals surface area (Å²) in [4.78, 5) is 26.0. The minimum absolute atomic E-state index is 0.342. The molecule has 1 heterocycles. The van der Waals surface area contributed by atoms with Crippen molar-refractivity contribution < 1.29 is 19.1 Å². The van der Waals surface area contributed by atoms with Gasteiger partial charge in [-0.25, -0.2) is 4.90 Å². The second-order valence-corrected chi connectivity index (χ2v) is 4.56. The van der Waals surface area contributed by atoms with Crippen LogP contribution in [0.15, 0.2) is 42.5 Å². The maximum absolute atomic E-state index is 12.4. The van der Waals surface area contributed by atoms with Crippen LogP contribution in [0.4, 0.5) is 5.69 Å². The quantitative estimate of drug-likeness (QED) is 0.812. The zero-order valence-electron chi connectivity index (χ0n) is 11.6. The lowest BCUT2D eigenvalue weighted by molar-refractivity contribution is 0.0926. The van der Waals surface area contributed by atoms with E-state index in [9.17, 15) is 9.59 Å². The van der Waals surface area contributed by atoms with Crippen molar-refractivity contribution in [1.29, 1.82) is 0 Å². The Bertz CT molecular complexity index is 682. The van der Waals surface area contributed by atoms with Gasteiger partial charge in [0.15, 0.2) is 0 Å². The number of anilines is 1. The second kappa shape index (κ2) is 4.94. The summed E-state index contributed by atoms with van der Waals surface area (Å²) in [5.74, 6) is 0.346. The van der Waals surface area contributed by atoms with Crippen molar-refractivity contribution in [2.75, 3.05) is 19.1 Å². The highest BCUT2D eigenvalue weighted by atomic mass is 16.5. The number of rotatable bonds is 3. The lowest BCUT2D eigenvalue weighted by Gasteiger charge is -2.16. The van der Waals surface area contributed by atoms with Crippen molar-refractivity contribution in [1.82, 2.24) is 0 Å². The van der Waals surface area contributed by atoms with Crippen LogP contribution in [0.2, 0.25) is 0 Å². The molecule has 0 saturated heterocycles. The van der Waals surface area contributed by atoms with Gasteiger partial charge in [-0.05, 0) is 12.1 Å². The van der Waals surface area contributed by atoms with E-state index in [-0.39, 0.29) is 11.8 Å². The maximum Gasteiger partial charge on any atom is 0.266 e. The van der Waals surface area contributed by atoms with Gasteiger partial charge in [-0.15, -0.1) is 0 Å². The van der Waals surface area contributed by atoms with Crippen molar-refractivity contribution >= 4 is 17.5 Å². The first-order valence-corrected chi connectivity index (χ1v) is 6.36. The highest BCUT2D eigenvalue weighted by Crippen LogP contribution is 2.33. The van der Waals surface area contributed by atoms with Crippen molar-refractivity contribution in [3.63, 3.8) is 0 Å². The number of hydrogen-bond acceptors (Lipinski definition) is 4. The van der Waals surface area contributed by atoms with E-state index in [2.05, 4.69) is 0 Å². The third kappa shape index (κ3) is 2.03. The Labute approximate surface area is 121 Å². The molecule has 5 heteroatoms. The second-order valence-electron chi connectivity index (χ2n) is 4.56. The number of amides is 2. The minimum Gasteiger partial charge on any atom is -0.497 e. The number of carbonyl (C=O) groups excluding carboxylic acids is 2. The molecule has 0 saturated carbocycles. The summed E-state index contributed by atoms with van der Waals surface area (Å²) in [6.45, 7) is 0. The minimum atomic E-state index is -0.342. The van der Waals surface area contributed by atoms with E-state index in [1.54, 1.807) is 42.5 Å². The summed E-state index contributed by atoms with van der Waals surface area (Å²) in [6, 6.07) is 11.7. The number of hydrogen-bond donors (Lipinski definition) is 0. The van der Waals surface area contributed by atoms with Gasteiger partial charge in [-0.3, -0.25) is 9.59 Å².